The molecule has 168 valence electrons. The fourth-order valence-electron chi connectivity index (χ4n) is 5.93. The second-order valence-electron chi connectivity index (χ2n) is 9.00. The van der Waals surface area contributed by atoms with Crippen LogP contribution in [0.2, 0.25) is 0 Å². The Morgan fingerprint density at radius 1 is 1.35 bits per heavy atom. The number of ether oxygens (including phenoxy) is 2. The first-order valence-corrected chi connectivity index (χ1v) is 11.2. The Labute approximate surface area is 181 Å². The van der Waals surface area contributed by atoms with Crippen LogP contribution in [0, 0.1) is 11.8 Å². The van der Waals surface area contributed by atoms with Crippen LogP contribution >= 0.6 is 0 Å². The Bertz CT molecular complexity index is 994. The van der Waals surface area contributed by atoms with Gasteiger partial charge in [0.2, 0.25) is 5.95 Å². The fourth-order valence-corrected chi connectivity index (χ4v) is 5.93. The van der Waals surface area contributed by atoms with Crippen LogP contribution in [-0.2, 0) is 16.0 Å². The van der Waals surface area contributed by atoms with Crippen molar-refractivity contribution in [1.29, 1.82) is 0 Å². The van der Waals surface area contributed by atoms with Gasteiger partial charge in [0.05, 0.1) is 25.3 Å². The average molecular weight is 430 g/mol. The fraction of sp³-hybridized carbons (Fsp3) is 0.682. The second kappa shape index (κ2) is 7.72. The molecule has 0 saturated carbocycles. The van der Waals surface area contributed by atoms with Gasteiger partial charge in [-0.3, -0.25) is 9.47 Å². The number of aliphatic hydroxyl groups is 1. The van der Waals surface area contributed by atoms with E-state index in [1.807, 2.05) is 0 Å². The van der Waals surface area contributed by atoms with Crippen LogP contribution < -0.4 is 4.90 Å². The van der Waals surface area contributed by atoms with Gasteiger partial charge in [-0.2, -0.15) is 0 Å². The predicted molar refractivity (Wildman–Crippen MR) is 115 cm³/mol. The first kappa shape index (κ1) is 20.7. The van der Waals surface area contributed by atoms with E-state index in [1.165, 1.54) is 7.11 Å². The Kier molecular flexibility index (Phi) is 5.15. The second-order valence-corrected chi connectivity index (χ2v) is 9.00. The zero-order chi connectivity index (χ0) is 21.8. The number of fused-ring (bicyclic) bond motifs is 2. The number of carbonyl (C=O) groups is 1. The van der Waals surface area contributed by atoms with Crippen molar-refractivity contribution in [2.75, 3.05) is 51.3 Å². The largest absolute Gasteiger partial charge is 0.465 e. The Morgan fingerprint density at radius 2 is 2.19 bits per heavy atom. The number of likely N-dealkylation sites (tertiary alicyclic amines) is 1. The predicted octanol–water partition coefficient (Wildman–Crippen LogP) is 1.15. The minimum absolute atomic E-state index is 0.103. The molecule has 0 aliphatic carbocycles. The highest BCUT2D eigenvalue weighted by Crippen LogP contribution is 2.49. The summed E-state index contributed by atoms with van der Waals surface area (Å²) in [5.41, 5.74) is 1.57. The zero-order valence-electron chi connectivity index (χ0n) is 18.5. The van der Waals surface area contributed by atoms with Gasteiger partial charge in [-0.15, -0.1) is 0 Å². The van der Waals surface area contributed by atoms with Crippen LogP contribution in [0.1, 0.15) is 30.6 Å². The van der Waals surface area contributed by atoms with Gasteiger partial charge in [0.1, 0.15) is 11.1 Å². The van der Waals surface area contributed by atoms with Crippen LogP contribution in [0.5, 0.6) is 0 Å². The number of pyridine rings is 1. The highest BCUT2D eigenvalue weighted by atomic mass is 16.5. The molecule has 9 nitrogen and oxygen atoms in total. The number of rotatable bonds is 6. The van der Waals surface area contributed by atoms with E-state index in [9.17, 15) is 9.90 Å². The van der Waals surface area contributed by atoms with Crippen molar-refractivity contribution in [3.63, 3.8) is 0 Å². The molecule has 2 aromatic heterocycles. The minimum atomic E-state index is -0.417. The number of morpholine rings is 1. The molecule has 5 heterocycles. The van der Waals surface area contributed by atoms with Gasteiger partial charge in [-0.05, 0) is 26.0 Å². The molecule has 1 spiro atoms. The highest BCUT2D eigenvalue weighted by molar-refractivity contribution is 5.92. The molecule has 3 aliphatic heterocycles. The number of aliphatic hydroxyl groups excluding tert-OH is 1. The third-order valence-corrected chi connectivity index (χ3v) is 7.20. The van der Waals surface area contributed by atoms with E-state index in [2.05, 4.69) is 33.2 Å². The van der Waals surface area contributed by atoms with Crippen LogP contribution in [0.4, 0.5) is 5.95 Å². The van der Waals surface area contributed by atoms with Gasteiger partial charge in [0.25, 0.3) is 0 Å². The number of anilines is 1. The summed E-state index contributed by atoms with van der Waals surface area (Å²) in [5.74, 6) is 0.851. The maximum atomic E-state index is 11.9. The van der Waals surface area contributed by atoms with Crippen LogP contribution in [0.15, 0.2) is 12.3 Å². The van der Waals surface area contributed by atoms with Gasteiger partial charge >= 0.3 is 5.97 Å². The molecule has 3 saturated heterocycles. The topological polar surface area (TPSA) is 93.0 Å². The zero-order valence-corrected chi connectivity index (χ0v) is 18.5. The van der Waals surface area contributed by atoms with Crippen molar-refractivity contribution >= 4 is 23.1 Å². The lowest BCUT2D eigenvalue weighted by atomic mass is 9.83. The monoisotopic (exact) mass is 429 g/mol. The van der Waals surface area contributed by atoms with Crippen molar-refractivity contribution in [2.24, 2.45) is 11.8 Å². The molecule has 4 atom stereocenters. The number of nitrogens with zero attached hydrogens (tertiary/aromatic N) is 5. The van der Waals surface area contributed by atoms with E-state index in [0.717, 1.165) is 57.3 Å². The van der Waals surface area contributed by atoms with Crippen molar-refractivity contribution < 1.29 is 19.4 Å². The first-order chi connectivity index (χ1) is 15.0. The number of aryl methyl sites for hydroxylation is 1. The van der Waals surface area contributed by atoms with Crippen molar-refractivity contribution in [1.82, 2.24) is 19.4 Å². The molecule has 1 N–H and O–H groups in total. The number of imidazole rings is 1. The van der Waals surface area contributed by atoms with Gasteiger partial charge in [-0.1, -0.05) is 6.92 Å². The molecular weight excluding hydrogens is 398 g/mol. The third kappa shape index (κ3) is 3.13. The lowest BCUT2D eigenvalue weighted by Crippen LogP contribution is -2.54. The van der Waals surface area contributed by atoms with E-state index < -0.39 is 5.97 Å². The molecule has 2 bridgehead atoms. The lowest BCUT2D eigenvalue weighted by molar-refractivity contribution is -0.110. The number of methoxy groups -OCH3 is 1. The van der Waals surface area contributed by atoms with E-state index in [4.69, 9.17) is 14.5 Å². The van der Waals surface area contributed by atoms with Gasteiger partial charge in [-0.25, -0.2) is 14.8 Å². The molecule has 3 aliphatic rings. The maximum absolute atomic E-state index is 11.9. The van der Waals surface area contributed by atoms with E-state index >= 15 is 0 Å². The number of hydrogen-bond acceptors (Lipinski definition) is 8. The summed E-state index contributed by atoms with van der Waals surface area (Å²) >= 11 is 0. The summed E-state index contributed by atoms with van der Waals surface area (Å²) in [7, 11) is 1.36. The summed E-state index contributed by atoms with van der Waals surface area (Å²) in [6, 6.07) is 1.74. The van der Waals surface area contributed by atoms with E-state index in [-0.39, 0.29) is 30.1 Å². The van der Waals surface area contributed by atoms with E-state index in [0.29, 0.717) is 11.1 Å². The molecule has 2 aromatic rings. The van der Waals surface area contributed by atoms with E-state index in [1.54, 1.807) is 12.3 Å². The SMILES string of the molecule is CCCN1C[C@H]2O[C@]3(C1)CN(c1nc4cc(C(=O)OC)cnc4n1CC)C[C@@H]3[C@@H]2CO. The summed E-state index contributed by atoms with van der Waals surface area (Å²) in [6.07, 6.45) is 2.76. The van der Waals surface area contributed by atoms with Crippen molar-refractivity contribution in [2.45, 2.75) is 38.5 Å². The quantitative estimate of drug-likeness (QED) is 0.684. The first-order valence-electron chi connectivity index (χ1n) is 11.2. The van der Waals surface area contributed by atoms with Gasteiger partial charge in [0, 0.05) is 50.8 Å². The maximum Gasteiger partial charge on any atom is 0.339 e. The molecule has 5 rings (SSSR count). The Balaban J connectivity index is 1.49. The molecule has 0 aromatic carbocycles. The Morgan fingerprint density at radius 3 is 2.90 bits per heavy atom. The molecule has 0 unspecified atom stereocenters. The molecule has 3 fully saturated rings. The van der Waals surface area contributed by atoms with Crippen LogP contribution in [0.3, 0.4) is 0 Å². The molecular formula is C22H31N5O4. The number of aromatic nitrogens is 3. The number of carbonyl (C=O) groups excluding carboxylic acids is 1. The normalized spacial score (nSPS) is 30.2. The molecule has 31 heavy (non-hydrogen) atoms. The summed E-state index contributed by atoms with van der Waals surface area (Å²) in [4.78, 5) is 26.1. The average Bonchev–Trinajstić information content (AvgIpc) is 3.37. The van der Waals surface area contributed by atoms with Gasteiger partial charge < -0.3 is 19.5 Å². The minimum Gasteiger partial charge on any atom is -0.465 e. The molecule has 0 amide bonds. The molecule has 0 radical (unpaired) electrons. The Hall–Kier alpha value is -2.23. The van der Waals surface area contributed by atoms with Crippen molar-refractivity contribution in [3.05, 3.63) is 17.8 Å². The van der Waals surface area contributed by atoms with Gasteiger partial charge in [0.15, 0.2) is 5.65 Å². The number of esters is 1. The lowest BCUT2D eigenvalue weighted by Gasteiger charge is -2.40. The summed E-state index contributed by atoms with van der Waals surface area (Å²) in [6.45, 7) is 9.56. The van der Waals surface area contributed by atoms with Crippen molar-refractivity contribution in [3.8, 4) is 0 Å². The highest BCUT2D eigenvalue weighted by Gasteiger charge is 2.62. The standard InChI is InChI=1S/C22H31N5O4/c1-4-6-25-10-18-15(11-28)16-9-26(13-22(16,12-25)31-18)21-24-17-7-14(20(29)30-3)8-23-19(17)27(21)5-2/h7-8,15-16,18,28H,4-6,9-13H2,1-3H3/t15-,16+,18+,22+/m0/s1. The summed E-state index contributed by atoms with van der Waals surface area (Å²) in [5, 5.41) is 10.2. The smallest absolute Gasteiger partial charge is 0.339 e. The van der Waals surface area contributed by atoms with Crippen LogP contribution in [0.25, 0.3) is 11.2 Å². The third-order valence-electron chi connectivity index (χ3n) is 7.20. The summed E-state index contributed by atoms with van der Waals surface area (Å²) < 4.78 is 13.5. The molecule has 9 heteroatoms. The van der Waals surface area contributed by atoms with Crippen LogP contribution in [-0.4, -0.2) is 88.7 Å². The number of hydrogen-bond donors (Lipinski definition) is 1.